The third-order valence-corrected chi connectivity index (χ3v) is 6.07. The van der Waals surface area contributed by atoms with Crippen molar-refractivity contribution in [3.8, 4) is 0 Å². The lowest BCUT2D eigenvalue weighted by atomic mass is 9.72. The van der Waals surface area contributed by atoms with Gasteiger partial charge >= 0.3 is 5.97 Å². The molecule has 7 nitrogen and oxygen atoms in total. The molecule has 8 heteroatoms. The van der Waals surface area contributed by atoms with Crippen LogP contribution in [0.3, 0.4) is 0 Å². The van der Waals surface area contributed by atoms with E-state index in [0.717, 1.165) is 19.1 Å². The zero-order chi connectivity index (χ0) is 24.5. The minimum absolute atomic E-state index is 0.180. The third kappa shape index (κ3) is 9.78. The number of hydrogen-bond acceptors (Lipinski definition) is 5. The molecule has 0 unspecified atom stereocenters. The van der Waals surface area contributed by atoms with Gasteiger partial charge in [0.25, 0.3) is 10.1 Å². The molecule has 0 aromatic carbocycles. The van der Waals surface area contributed by atoms with Gasteiger partial charge in [-0.2, -0.15) is 8.42 Å². The van der Waals surface area contributed by atoms with Crippen molar-refractivity contribution in [3.63, 3.8) is 0 Å². The Morgan fingerprint density at radius 2 is 1.88 bits per heavy atom. The Bertz CT molecular complexity index is 964. The monoisotopic (exact) mass is 465 g/mol. The Balaban J connectivity index is 2.80. The molecule has 1 amide bonds. The molecular formula is C24H35NO6S. The van der Waals surface area contributed by atoms with Crippen LogP contribution < -0.4 is 5.32 Å². The molecule has 0 aliphatic heterocycles. The third-order valence-electron chi connectivity index (χ3n) is 5.31. The molecule has 1 aliphatic carbocycles. The summed E-state index contributed by atoms with van der Waals surface area (Å²) in [5.74, 6) is -2.60. The molecule has 0 aromatic rings. The predicted molar refractivity (Wildman–Crippen MR) is 126 cm³/mol. The predicted octanol–water partition coefficient (Wildman–Crippen LogP) is 4.06. The quantitative estimate of drug-likeness (QED) is 0.230. The summed E-state index contributed by atoms with van der Waals surface area (Å²) in [6, 6.07) is -1.50. The standard InChI is InChI=1S/C24H35NO6S/c1-17(12-13-20-19(3)11-8-14-24(20,4)5)9-7-10-18(2)15-22(26)25-21(23(27)31-6)16-32(28,29)30/h7,9-10,12-13,15,21H,8,11,14,16H2,1-6H3,(H,25,26)(H,28,29,30)/b10-7+,13-12+,17-9+,18-15-/t21-/m0/s1. The van der Waals surface area contributed by atoms with Gasteiger partial charge < -0.3 is 10.1 Å². The van der Waals surface area contributed by atoms with Crippen molar-refractivity contribution in [2.24, 2.45) is 5.41 Å². The molecule has 0 bridgehead atoms. The van der Waals surface area contributed by atoms with Crippen LogP contribution >= 0.6 is 0 Å². The second-order valence-corrected chi connectivity index (χ2v) is 10.3. The topological polar surface area (TPSA) is 110 Å². The van der Waals surface area contributed by atoms with Crippen LogP contribution in [0, 0.1) is 5.41 Å². The Hall–Kier alpha value is -2.45. The van der Waals surface area contributed by atoms with Gasteiger partial charge in [0, 0.05) is 6.08 Å². The molecule has 32 heavy (non-hydrogen) atoms. The van der Waals surface area contributed by atoms with Crippen LogP contribution in [0.1, 0.15) is 53.9 Å². The van der Waals surface area contributed by atoms with Crippen LogP contribution in [0.5, 0.6) is 0 Å². The first-order valence-electron chi connectivity index (χ1n) is 10.5. The fourth-order valence-corrected chi connectivity index (χ4v) is 4.26. The van der Waals surface area contributed by atoms with Crippen LogP contribution in [0.4, 0.5) is 0 Å². The van der Waals surface area contributed by atoms with Gasteiger partial charge in [0.1, 0.15) is 11.8 Å². The number of rotatable bonds is 9. The van der Waals surface area contributed by atoms with E-state index in [4.69, 9.17) is 4.55 Å². The normalized spacial score (nSPS) is 18.8. The lowest BCUT2D eigenvalue weighted by Gasteiger charge is -2.32. The van der Waals surface area contributed by atoms with E-state index in [1.54, 1.807) is 13.0 Å². The highest BCUT2D eigenvalue weighted by Crippen LogP contribution is 2.40. The fourth-order valence-electron chi connectivity index (χ4n) is 3.62. The van der Waals surface area contributed by atoms with Gasteiger partial charge in [-0.1, -0.05) is 55.4 Å². The highest BCUT2D eigenvalue weighted by molar-refractivity contribution is 7.85. The first-order chi connectivity index (χ1) is 14.7. The zero-order valence-corrected chi connectivity index (χ0v) is 20.6. The Labute approximate surface area is 191 Å². The second-order valence-electron chi connectivity index (χ2n) is 8.76. The smallest absolute Gasteiger partial charge is 0.329 e. The van der Waals surface area contributed by atoms with Crippen LogP contribution in [-0.2, 0) is 24.4 Å². The van der Waals surface area contributed by atoms with Crippen LogP contribution in [0.2, 0.25) is 0 Å². The molecule has 0 saturated carbocycles. The first-order valence-corrected chi connectivity index (χ1v) is 12.1. The zero-order valence-electron chi connectivity index (χ0n) is 19.8. The summed E-state index contributed by atoms with van der Waals surface area (Å²) in [5.41, 5.74) is 4.65. The molecule has 0 radical (unpaired) electrons. The number of hydrogen-bond donors (Lipinski definition) is 2. The Morgan fingerprint density at radius 3 is 2.44 bits per heavy atom. The number of carbonyl (C=O) groups excluding carboxylic acids is 2. The van der Waals surface area contributed by atoms with Gasteiger partial charge in [0.15, 0.2) is 0 Å². The molecule has 2 N–H and O–H groups in total. The van der Waals surface area contributed by atoms with Gasteiger partial charge in [0.2, 0.25) is 5.91 Å². The lowest BCUT2D eigenvalue weighted by Crippen LogP contribution is -2.45. The van der Waals surface area contributed by atoms with E-state index in [2.05, 4.69) is 43.0 Å². The van der Waals surface area contributed by atoms with E-state index in [1.807, 2.05) is 19.1 Å². The van der Waals surface area contributed by atoms with Crippen molar-refractivity contribution in [1.82, 2.24) is 5.32 Å². The van der Waals surface area contributed by atoms with Crippen molar-refractivity contribution in [3.05, 3.63) is 58.7 Å². The van der Waals surface area contributed by atoms with Crippen molar-refractivity contribution >= 4 is 22.0 Å². The number of carbonyl (C=O) groups is 2. The van der Waals surface area contributed by atoms with E-state index in [0.29, 0.717) is 5.57 Å². The molecule has 0 fully saturated rings. The average molecular weight is 466 g/mol. The Kier molecular flexibility index (Phi) is 10.3. The lowest BCUT2D eigenvalue weighted by molar-refractivity contribution is -0.143. The largest absolute Gasteiger partial charge is 0.467 e. The summed E-state index contributed by atoms with van der Waals surface area (Å²) >= 11 is 0. The SMILES string of the molecule is COC(=O)[C@H](CS(=O)(=O)O)NC(=O)\C=C(C)/C=C/C=C(C)/C=C/C1=C(C)CCCC1(C)C. The summed E-state index contributed by atoms with van der Waals surface area (Å²) in [4.78, 5) is 23.7. The van der Waals surface area contributed by atoms with Crippen LogP contribution in [0.25, 0.3) is 0 Å². The second kappa shape index (κ2) is 12.0. The summed E-state index contributed by atoms with van der Waals surface area (Å²) in [7, 11) is -3.41. The molecule has 0 saturated heterocycles. The van der Waals surface area contributed by atoms with E-state index >= 15 is 0 Å². The fraction of sp³-hybridized carbons (Fsp3) is 0.500. The van der Waals surface area contributed by atoms with Crippen molar-refractivity contribution in [1.29, 1.82) is 0 Å². The number of methoxy groups -OCH3 is 1. The minimum Gasteiger partial charge on any atom is -0.467 e. The van der Waals surface area contributed by atoms with E-state index in [1.165, 1.54) is 30.1 Å². The van der Waals surface area contributed by atoms with Gasteiger partial charge in [-0.15, -0.1) is 0 Å². The van der Waals surface area contributed by atoms with Crippen LogP contribution in [-0.4, -0.2) is 43.8 Å². The van der Waals surface area contributed by atoms with E-state index < -0.39 is 33.8 Å². The van der Waals surface area contributed by atoms with Gasteiger partial charge in [0.05, 0.1) is 7.11 Å². The van der Waals surface area contributed by atoms with Crippen LogP contribution in [0.15, 0.2) is 58.7 Å². The number of ether oxygens (including phenoxy) is 1. The summed E-state index contributed by atoms with van der Waals surface area (Å²) in [6.45, 7) is 10.4. The summed E-state index contributed by atoms with van der Waals surface area (Å²) < 4.78 is 35.5. The number of allylic oxidation sites excluding steroid dienone is 9. The highest BCUT2D eigenvalue weighted by Gasteiger charge is 2.27. The number of nitrogens with one attached hydrogen (secondary N) is 1. The summed E-state index contributed by atoms with van der Waals surface area (Å²) in [6.07, 6.45) is 14.5. The highest BCUT2D eigenvalue weighted by atomic mass is 32.2. The molecule has 178 valence electrons. The molecule has 0 heterocycles. The van der Waals surface area contributed by atoms with Gasteiger partial charge in [-0.05, 0) is 56.6 Å². The van der Waals surface area contributed by atoms with Crippen molar-refractivity contribution < 1.29 is 27.3 Å². The van der Waals surface area contributed by atoms with Gasteiger partial charge in [-0.3, -0.25) is 9.35 Å². The average Bonchev–Trinajstić information content (AvgIpc) is 2.64. The minimum atomic E-state index is -4.47. The van der Waals surface area contributed by atoms with E-state index in [9.17, 15) is 18.0 Å². The molecule has 0 aromatic heterocycles. The molecule has 0 spiro atoms. The first kappa shape index (κ1) is 27.6. The number of esters is 1. The molecule has 1 aliphatic rings. The van der Waals surface area contributed by atoms with Crippen molar-refractivity contribution in [2.45, 2.75) is 59.9 Å². The molecular weight excluding hydrogens is 430 g/mol. The summed E-state index contributed by atoms with van der Waals surface area (Å²) in [5, 5.41) is 2.23. The molecule has 1 atom stereocenters. The molecule has 1 rings (SSSR count). The van der Waals surface area contributed by atoms with E-state index in [-0.39, 0.29) is 5.41 Å². The van der Waals surface area contributed by atoms with Crippen molar-refractivity contribution in [2.75, 3.05) is 12.9 Å². The number of amides is 1. The maximum atomic E-state index is 12.1. The Morgan fingerprint density at radius 1 is 1.22 bits per heavy atom. The van der Waals surface area contributed by atoms with Gasteiger partial charge in [-0.25, -0.2) is 4.79 Å². The maximum Gasteiger partial charge on any atom is 0.329 e. The maximum absolute atomic E-state index is 12.1.